The summed E-state index contributed by atoms with van der Waals surface area (Å²) in [5, 5.41) is 6.11. The highest BCUT2D eigenvalue weighted by Gasteiger charge is 2.27. The molecule has 1 rings (SSSR count). The van der Waals surface area contributed by atoms with E-state index in [1.165, 1.54) is 6.42 Å². The highest BCUT2D eigenvalue weighted by atomic mass is 16.2. The molecular formula is C12H23N3O2. The van der Waals surface area contributed by atoms with Gasteiger partial charge in [0.25, 0.3) is 0 Å². The topological polar surface area (TPSA) is 84.2 Å². The second-order valence-corrected chi connectivity index (χ2v) is 5.37. The van der Waals surface area contributed by atoms with Gasteiger partial charge in [-0.15, -0.1) is 0 Å². The molecule has 1 aliphatic heterocycles. The molecule has 5 heteroatoms. The Labute approximate surface area is 103 Å². The monoisotopic (exact) mass is 241 g/mol. The van der Waals surface area contributed by atoms with Gasteiger partial charge in [-0.2, -0.15) is 0 Å². The zero-order valence-electron chi connectivity index (χ0n) is 10.7. The highest BCUT2D eigenvalue weighted by Crippen LogP contribution is 2.12. The molecule has 0 aromatic heterocycles. The van der Waals surface area contributed by atoms with Gasteiger partial charge in [0.05, 0.1) is 6.04 Å². The molecule has 98 valence electrons. The second kappa shape index (κ2) is 6.00. The number of hydrogen-bond donors (Lipinski definition) is 3. The van der Waals surface area contributed by atoms with Gasteiger partial charge < -0.3 is 16.4 Å². The van der Waals surface area contributed by atoms with Gasteiger partial charge in [-0.1, -0.05) is 12.8 Å². The van der Waals surface area contributed by atoms with Gasteiger partial charge >= 0.3 is 0 Å². The molecule has 1 heterocycles. The van der Waals surface area contributed by atoms with Crippen molar-refractivity contribution >= 4 is 11.8 Å². The maximum Gasteiger partial charge on any atom is 0.237 e. The largest absolute Gasteiger partial charge is 0.370 e. The van der Waals surface area contributed by atoms with Crippen molar-refractivity contribution in [2.75, 3.05) is 6.54 Å². The summed E-state index contributed by atoms with van der Waals surface area (Å²) in [5.41, 5.74) is 4.58. The van der Waals surface area contributed by atoms with Crippen LogP contribution in [0.2, 0.25) is 0 Å². The smallest absolute Gasteiger partial charge is 0.237 e. The van der Waals surface area contributed by atoms with Crippen molar-refractivity contribution < 1.29 is 9.59 Å². The fourth-order valence-electron chi connectivity index (χ4n) is 2.15. The van der Waals surface area contributed by atoms with Crippen LogP contribution in [0.1, 0.15) is 46.0 Å². The molecule has 1 atom stereocenters. The third kappa shape index (κ3) is 5.17. The zero-order chi connectivity index (χ0) is 12.9. The molecule has 2 amide bonds. The third-order valence-corrected chi connectivity index (χ3v) is 2.95. The summed E-state index contributed by atoms with van der Waals surface area (Å²) in [4.78, 5) is 22.9. The first-order valence-corrected chi connectivity index (χ1v) is 6.24. The summed E-state index contributed by atoms with van der Waals surface area (Å²) in [5.74, 6) is -0.428. The van der Waals surface area contributed by atoms with E-state index >= 15 is 0 Å². The Morgan fingerprint density at radius 3 is 2.71 bits per heavy atom. The van der Waals surface area contributed by atoms with Crippen molar-refractivity contribution in [2.45, 2.75) is 57.5 Å². The van der Waals surface area contributed by atoms with Gasteiger partial charge in [0.15, 0.2) is 0 Å². The van der Waals surface area contributed by atoms with Crippen LogP contribution in [0.5, 0.6) is 0 Å². The van der Waals surface area contributed by atoms with Crippen LogP contribution >= 0.6 is 0 Å². The molecule has 1 aliphatic rings. The van der Waals surface area contributed by atoms with Crippen molar-refractivity contribution in [1.82, 2.24) is 10.6 Å². The van der Waals surface area contributed by atoms with E-state index in [0.29, 0.717) is 0 Å². The molecule has 5 nitrogen and oxygen atoms in total. The van der Waals surface area contributed by atoms with Gasteiger partial charge in [-0.05, 0) is 33.2 Å². The van der Waals surface area contributed by atoms with Crippen LogP contribution in [0.4, 0.5) is 0 Å². The average Bonchev–Trinajstić information content (AvgIpc) is 2.41. The molecule has 1 fully saturated rings. The maximum absolute atomic E-state index is 12.0. The minimum absolute atomic E-state index is 0.0295. The molecule has 0 aromatic rings. The SMILES string of the molecule is CC(C)(CC(N)=O)NC(=O)C1CCCCCN1. The molecule has 0 aromatic carbocycles. The average molecular weight is 241 g/mol. The fraction of sp³-hybridized carbons (Fsp3) is 0.833. The Bertz CT molecular complexity index is 281. The van der Waals surface area contributed by atoms with E-state index in [2.05, 4.69) is 10.6 Å². The Kier molecular flexibility index (Phi) is 4.93. The minimum atomic E-state index is -0.573. The first-order valence-electron chi connectivity index (χ1n) is 6.24. The van der Waals surface area contributed by atoms with E-state index in [1.54, 1.807) is 0 Å². The third-order valence-electron chi connectivity index (χ3n) is 2.95. The number of nitrogens with two attached hydrogens (primary N) is 1. The van der Waals surface area contributed by atoms with Crippen LogP contribution in [0.3, 0.4) is 0 Å². The van der Waals surface area contributed by atoms with Crippen LogP contribution in [0, 0.1) is 0 Å². The Hall–Kier alpha value is -1.10. The lowest BCUT2D eigenvalue weighted by Gasteiger charge is -2.27. The Morgan fingerprint density at radius 1 is 1.35 bits per heavy atom. The quantitative estimate of drug-likeness (QED) is 0.661. The van der Waals surface area contributed by atoms with Crippen molar-refractivity contribution in [2.24, 2.45) is 5.73 Å². The van der Waals surface area contributed by atoms with E-state index in [4.69, 9.17) is 5.73 Å². The maximum atomic E-state index is 12.0. The summed E-state index contributed by atoms with van der Waals surface area (Å²) >= 11 is 0. The molecule has 1 saturated heterocycles. The van der Waals surface area contributed by atoms with Crippen molar-refractivity contribution in [3.63, 3.8) is 0 Å². The van der Waals surface area contributed by atoms with Crippen molar-refractivity contribution in [3.05, 3.63) is 0 Å². The van der Waals surface area contributed by atoms with Gasteiger partial charge in [0.2, 0.25) is 11.8 Å². The normalized spacial score (nSPS) is 21.6. The van der Waals surface area contributed by atoms with E-state index in [9.17, 15) is 9.59 Å². The van der Waals surface area contributed by atoms with E-state index < -0.39 is 11.4 Å². The molecule has 17 heavy (non-hydrogen) atoms. The summed E-state index contributed by atoms with van der Waals surface area (Å²) in [6.45, 7) is 4.51. The van der Waals surface area contributed by atoms with Crippen LogP contribution < -0.4 is 16.4 Å². The van der Waals surface area contributed by atoms with E-state index in [1.807, 2.05) is 13.8 Å². The Balaban J connectivity index is 2.48. The minimum Gasteiger partial charge on any atom is -0.370 e. The molecular weight excluding hydrogens is 218 g/mol. The molecule has 0 radical (unpaired) electrons. The van der Waals surface area contributed by atoms with Gasteiger partial charge in [0, 0.05) is 12.0 Å². The van der Waals surface area contributed by atoms with Crippen molar-refractivity contribution in [3.8, 4) is 0 Å². The lowest BCUT2D eigenvalue weighted by molar-refractivity contribution is -0.125. The van der Waals surface area contributed by atoms with Crippen LogP contribution in [-0.4, -0.2) is 29.9 Å². The summed E-state index contributed by atoms with van der Waals surface area (Å²) in [6.07, 6.45) is 4.38. The molecule has 0 saturated carbocycles. The fourth-order valence-corrected chi connectivity index (χ4v) is 2.15. The van der Waals surface area contributed by atoms with Crippen LogP contribution in [0.15, 0.2) is 0 Å². The lowest BCUT2D eigenvalue weighted by atomic mass is 9.99. The number of primary amides is 1. The first kappa shape index (κ1) is 14.0. The van der Waals surface area contributed by atoms with Gasteiger partial charge in [-0.3, -0.25) is 9.59 Å². The number of hydrogen-bond acceptors (Lipinski definition) is 3. The Morgan fingerprint density at radius 2 is 2.06 bits per heavy atom. The molecule has 0 spiro atoms. The number of nitrogens with one attached hydrogen (secondary N) is 2. The predicted molar refractivity (Wildman–Crippen MR) is 66.3 cm³/mol. The number of carbonyl (C=O) groups excluding carboxylic acids is 2. The number of rotatable bonds is 4. The lowest BCUT2D eigenvalue weighted by Crippen LogP contribution is -2.53. The predicted octanol–water partition coefficient (Wildman–Crippen LogP) is 0.289. The molecule has 4 N–H and O–H groups in total. The first-order chi connectivity index (χ1) is 7.91. The van der Waals surface area contributed by atoms with Crippen LogP contribution in [-0.2, 0) is 9.59 Å². The number of amides is 2. The molecule has 0 bridgehead atoms. The summed E-state index contributed by atoms with van der Waals surface area (Å²) < 4.78 is 0. The highest BCUT2D eigenvalue weighted by molar-refractivity contribution is 5.83. The second-order valence-electron chi connectivity index (χ2n) is 5.37. The number of carbonyl (C=O) groups is 2. The van der Waals surface area contributed by atoms with Gasteiger partial charge in [-0.25, -0.2) is 0 Å². The van der Waals surface area contributed by atoms with Crippen LogP contribution in [0.25, 0.3) is 0 Å². The van der Waals surface area contributed by atoms with E-state index in [-0.39, 0.29) is 18.4 Å². The summed E-state index contributed by atoms with van der Waals surface area (Å²) in [6, 6.07) is -0.135. The zero-order valence-corrected chi connectivity index (χ0v) is 10.7. The van der Waals surface area contributed by atoms with Crippen molar-refractivity contribution in [1.29, 1.82) is 0 Å². The van der Waals surface area contributed by atoms with Gasteiger partial charge in [0.1, 0.15) is 0 Å². The van der Waals surface area contributed by atoms with E-state index in [0.717, 1.165) is 25.8 Å². The standard InChI is InChI=1S/C12H23N3O2/c1-12(2,8-10(13)16)15-11(17)9-6-4-3-5-7-14-9/h9,14H,3-8H2,1-2H3,(H2,13,16)(H,15,17). The molecule has 1 unspecified atom stereocenters. The summed E-state index contributed by atoms with van der Waals surface area (Å²) in [7, 11) is 0. The molecule has 0 aliphatic carbocycles.